The van der Waals surface area contributed by atoms with Gasteiger partial charge in [-0.15, -0.1) is 0 Å². The van der Waals surface area contributed by atoms with E-state index in [-0.39, 0.29) is 5.91 Å². The summed E-state index contributed by atoms with van der Waals surface area (Å²) in [6.45, 7) is 8.20. The Morgan fingerprint density at radius 1 is 1.10 bits per heavy atom. The van der Waals surface area contributed by atoms with Crippen molar-refractivity contribution in [3.8, 4) is 5.75 Å². The molecule has 29 heavy (non-hydrogen) atoms. The molecule has 2 aromatic rings. The molecule has 0 unspecified atom stereocenters. The van der Waals surface area contributed by atoms with Crippen molar-refractivity contribution in [2.24, 2.45) is 0 Å². The Labute approximate surface area is 173 Å². The zero-order valence-corrected chi connectivity index (χ0v) is 17.2. The quantitative estimate of drug-likeness (QED) is 0.620. The summed E-state index contributed by atoms with van der Waals surface area (Å²) in [5.41, 5.74) is 1.09. The molecule has 0 saturated carbocycles. The monoisotopic (exact) mass is 397 g/mol. The third-order valence-corrected chi connectivity index (χ3v) is 5.07. The molecule has 7 heteroatoms. The number of hydrogen-bond donors (Lipinski definition) is 1. The topological polar surface area (TPSA) is 70.6 Å². The van der Waals surface area contributed by atoms with Crippen LogP contribution in [0.3, 0.4) is 0 Å². The number of benzene rings is 1. The van der Waals surface area contributed by atoms with E-state index in [1.807, 2.05) is 37.3 Å². The number of rotatable bonds is 10. The summed E-state index contributed by atoms with van der Waals surface area (Å²) >= 11 is 0. The van der Waals surface area contributed by atoms with Crippen molar-refractivity contribution in [1.82, 2.24) is 20.2 Å². The van der Waals surface area contributed by atoms with Crippen LogP contribution in [0, 0.1) is 0 Å². The Morgan fingerprint density at radius 3 is 2.62 bits per heavy atom. The van der Waals surface area contributed by atoms with Crippen molar-refractivity contribution in [2.45, 2.75) is 26.2 Å². The number of amides is 1. The highest BCUT2D eigenvalue weighted by molar-refractivity contribution is 5.76. The van der Waals surface area contributed by atoms with Crippen molar-refractivity contribution in [1.29, 1.82) is 0 Å². The number of nitrogens with one attached hydrogen (secondary N) is 1. The van der Waals surface area contributed by atoms with E-state index >= 15 is 0 Å². The van der Waals surface area contributed by atoms with E-state index in [2.05, 4.69) is 25.1 Å². The van der Waals surface area contributed by atoms with Gasteiger partial charge in [0, 0.05) is 51.5 Å². The lowest BCUT2D eigenvalue weighted by molar-refractivity contribution is -0.121. The van der Waals surface area contributed by atoms with Gasteiger partial charge in [0.05, 0.1) is 6.61 Å². The highest BCUT2D eigenvalue weighted by atomic mass is 16.5. The molecule has 0 aliphatic carbocycles. The van der Waals surface area contributed by atoms with Crippen LogP contribution < -0.4 is 15.0 Å². The third-order valence-electron chi connectivity index (χ3n) is 5.07. The van der Waals surface area contributed by atoms with E-state index in [9.17, 15) is 4.79 Å². The molecular weight excluding hydrogens is 366 g/mol. The number of ether oxygens (including phenoxy) is 1. The Balaban J connectivity index is 1.29. The van der Waals surface area contributed by atoms with Gasteiger partial charge in [0.15, 0.2) is 0 Å². The zero-order valence-electron chi connectivity index (χ0n) is 17.2. The van der Waals surface area contributed by atoms with Gasteiger partial charge in [0.1, 0.15) is 5.75 Å². The Kier molecular flexibility index (Phi) is 8.25. The smallest absolute Gasteiger partial charge is 0.225 e. The second-order valence-electron chi connectivity index (χ2n) is 7.12. The van der Waals surface area contributed by atoms with Gasteiger partial charge in [-0.25, -0.2) is 9.97 Å². The van der Waals surface area contributed by atoms with Gasteiger partial charge in [0.25, 0.3) is 0 Å². The number of carbonyl (C=O) groups is 1. The van der Waals surface area contributed by atoms with Crippen molar-refractivity contribution in [3.63, 3.8) is 0 Å². The minimum Gasteiger partial charge on any atom is -0.494 e. The second-order valence-corrected chi connectivity index (χ2v) is 7.12. The first-order valence-corrected chi connectivity index (χ1v) is 10.5. The molecular formula is C22H31N5O2. The lowest BCUT2D eigenvalue weighted by Crippen LogP contribution is -2.47. The van der Waals surface area contributed by atoms with Crippen LogP contribution in [0.2, 0.25) is 0 Å². The molecule has 1 aliphatic heterocycles. The van der Waals surface area contributed by atoms with E-state index in [1.165, 1.54) is 0 Å². The van der Waals surface area contributed by atoms with Crippen LogP contribution in [-0.4, -0.2) is 66.7 Å². The first-order chi connectivity index (χ1) is 14.3. The normalized spacial score (nSPS) is 14.6. The fourth-order valence-corrected chi connectivity index (χ4v) is 3.50. The number of anilines is 1. The standard InChI is InChI=1S/C22H31N5O2/c1-2-29-20-8-4-3-7-19(20)9-10-21(28)23-13-6-14-26-15-17-27(18-16-26)22-24-11-5-12-25-22/h3-5,7-8,11-12H,2,6,9-10,13-18H2,1H3,(H,23,28). The number of hydrogen-bond acceptors (Lipinski definition) is 6. The summed E-state index contributed by atoms with van der Waals surface area (Å²) in [6, 6.07) is 9.77. The van der Waals surface area contributed by atoms with Crippen molar-refractivity contribution in [2.75, 3.05) is 50.8 Å². The lowest BCUT2D eigenvalue weighted by atomic mass is 10.1. The van der Waals surface area contributed by atoms with E-state index in [4.69, 9.17) is 4.74 Å². The summed E-state index contributed by atoms with van der Waals surface area (Å²) in [6.07, 6.45) is 5.72. The Bertz CT molecular complexity index is 748. The molecule has 7 nitrogen and oxygen atoms in total. The molecule has 2 heterocycles. The first-order valence-electron chi connectivity index (χ1n) is 10.5. The molecule has 1 N–H and O–H groups in total. The van der Waals surface area contributed by atoms with Crippen LogP contribution in [0.4, 0.5) is 5.95 Å². The minimum atomic E-state index is 0.0994. The summed E-state index contributed by atoms with van der Waals surface area (Å²) in [4.78, 5) is 25.4. The van der Waals surface area contributed by atoms with Gasteiger partial charge in [0.2, 0.25) is 11.9 Å². The summed E-state index contributed by atoms with van der Waals surface area (Å²) < 4.78 is 5.62. The molecule has 1 aromatic heterocycles. The average molecular weight is 398 g/mol. The molecule has 1 aliphatic rings. The van der Waals surface area contributed by atoms with Gasteiger partial charge in [-0.1, -0.05) is 18.2 Å². The number of aromatic nitrogens is 2. The molecule has 3 rings (SSSR count). The van der Waals surface area contributed by atoms with Crippen molar-refractivity contribution >= 4 is 11.9 Å². The molecule has 1 fully saturated rings. The van der Waals surface area contributed by atoms with Crippen LogP contribution >= 0.6 is 0 Å². The van der Waals surface area contributed by atoms with E-state index in [0.717, 1.165) is 56.4 Å². The molecule has 0 bridgehead atoms. The van der Waals surface area contributed by atoms with Crippen molar-refractivity contribution < 1.29 is 9.53 Å². The minimum absolute atomic E-state index is 0.0994. The van der Waals surface area contributed by atoms with E-state index < -0.39 is 0 Å². The van der Waals surface area contributed by atoms with Gasteiger partial charge < -0.3 is 15.0 Å². The van der Waals surface area contributed by atoms with Crippen LogP contribution in [0.1, 0.15) is 25.3 Å². The first kappa shape index (κ1) is 21.0. The van der Waals surface area contributed by atoms with Crippen LogP contribution in [-0.2, 0) is 11.2 Å². The predicted octanol–water partition coefficient (Wildman–Crippen LogP) is 2.14. The Morgan fingerprint density at radius 2 is 1.86 bits per heavy atom. The second kappa shape index (κ2) is 11.4. The number of aryl methyl sites for hydroxylation is 1. The number of carbonyl (C=O) groups excluding carboxylic acids is 1. The molecule has 1 saturated heterocycles. The molecule has 156 valence electrons. The summed E-state index contributed by atoms with van der Waals surface area (Å²) in [7, 11) is 0. The van der Waals surface area contributed by atoms with E-state index in [1.54, 1.807) is 12.4 Å². The summed E-state index contributed by atoms with van der Waals surface area (Å²) in [5.74, 6) is 1.79. The van der Waals surface area contributed by atoms with Gasteiger partial charge in [-0.3, -0.25) is 9.69 Å². The largest absolute Gasteiger partial charge is 0.494 e. The zero-order chi connectivity index (χ0) is 20.3. The number of para-hydroxylation sites is 1. The van der Waals surface area contributed by atoms with Crippen LogP contribution in [0.5, 0.6) is 5.75 Å². The van der Waals surface area contributed by atoms with Crippen LogP contribution in [0.25, 0.3) is 0 Å². The van der Waals surface area contributed by atoms with Crippen LogP contribution in [0.15, 0.2) is 42.7 Å². The average Bonchev–Trinajstić information content (AvgIpc) is 2.77. The molecule has 0 atom stereocenters. The fraction of sp³-hybridized carbons (Fsp3) is 0.500. The maximum Gasteiger partial charge on any atom is 0.225 e. The Hall–Kier alpha value is -2.67. The highest BCUT2D eigenvalue weighted by Gasteiger charge is 2.18. The SMILES string of the molecule is CCOc1ccccc1CCC(=O)NCCCN1CCN(c2ncccn2)CC1. The lowest BCUT2D eigenvalue weighted by Gasteiger charge is -2.34. The number of piperazine rings is 1. The predicted molar refractivity (Wildman–Crippen MR) is 114 cm³/mol. The molecule has 0 radical (unpaired) electrons. The van der Waals surface area contributed by atoms with Gasteiger partial charge >= 0.3 is 0 Å². The maximum absolute atomic E-state index is 12.2. The third kappa shape index (κ3) is 6.71. The van der Waals surface area contributed by atoms with Crippen molar-refractivity contribution in [3.05, 3.63) is 48.3 Å². The fourth-order valence-electron chi connectivity index (χ4n) is 3.50. The molecule has 1 aromatic carbocycles. The van der Waals surface area contributed by atoms with E-state index in [0.29, 0.717) is 26.0 Å². The van der Waals surface area contributed by atoms with Gasteiger partial charge in [-0.2, -0.15) is 0 Å². The maximum atomic E-state index is 12.2. The highest BCUT2D eigenvalue weighted by Crippen LogP contribution is 2.19. The number of nitrogens with zero attached hydrogens (tertiary/aromatic N) is 4. The molecule has 0 spiro atoms. The molecule has 1 amide bonds. The summed E-state index contributed by atoms with van der Waals surface area (Å²) in [5, 5.41) is 3.04. The van der Waals surface area contributed by atoms with Gasteiger partial charge in [-0.05, 0) is 44.0 Å².